The van der Waals surface area contributed by atoms with Crippen LogP contribution in [0.3, 0.4) is 0 Å². The number of H-pyrrole nitrogens is 1. The molecule has 0 saturated carbocycles. The normalized spacial score (nSPS) is 12.3. The molecule has 7 heteroatoms. The Morgan fingerprint density at radius 2 is 2.00 bits per heavy atom. The summed E-state index contributed by atoms with van der Waals surface area (Å²) >= 11 is 6.28. The summed E-state index contributed by atoms with van der Waals surface area (Å²) in [5.74, 6) is 0. The van der Waals surface area contributed by atoms with Gasteiger partial charge in [-0.05, 0) is 60.2 Å². The Hall–Kier alpha value is -3.64. The molecule has 0 fully saturated rings. The SMILES string of the molecule is O=C(O)N[C@H](CCc1cnc(Cl)c(C=Cc2ccncc2)c1)Cc1c[nH]c2ccccc12. The highest BCUT2D eigenvalue weighted by Crippen LogP contribution is 2.22. The second-order valence-electron chi connectivity index (χ2n) is 7.59. The Labute approximate surface area is 191 Å². The van der Waals surface area contributed by atoms with E-state index in [4.69, 9.17) is 11.6 Å². The number of halogens is 1. The summed E-state index contributed by atoms with van der Waals surface area (Å²) < 4.78 is 0. The first-order valence-corrected chi connectivity index (χ1v) is 10.7. The molecule has 3 N–H and O–H groups in total. The largest absolute Gasteiger partial charge is 0.465 e. The van der Waals surface area contributed by atoms with Crippen molar-refractivity contribution < 1.29 is 9.90 Å². The number of nitrogens with zero attached hydrogens (tertiary/aromatic N) is 2. The number of nitrogens with one attached hydrogen (secondary N) is 2. The van der Waals surface area contributed by atoms with Crippen LogP contribution in [0.2, 0.25) is 5.15 Å². The van der Waals surface area contributed by atoms with E-state index in [2.05, 4.69) is 20.3 Å². The van der Waals surface area contributed by atoms with Gasteiger partial charge in [0.25, 0.3) is 0 Å². The number of para-hydroxylation sites is 1. The predicted octanol–water partition coefficient (Wildman–Crippen LogP) is 5.59. The van der Waals surface area contributed by atoms with E-state index in [1.54, 1.807) is 18.6 Å². The fourth-order valence-corrected chi connectivity index (χ4v) is 3.90. The number of pyridine rings is 2. The van der Waals surface area contributed by atoms with E-state index in [1.165, 1.54) is 0 Å². The Morgan fingerprint density at radius 3 is 2.81 bits per heavy atom. The van der Waals surface area contributed by atoms with Crippen molar-refractivity contribution >= 4 is 40.7 Å². The molecule has 0 radical (unpaired) electrons. The number of carbonyl (C=O) groups is 1. The summed E-state index contributed by atoms with van der Waals surface area (Å²) in [6.07, 6.45) is 11.9. The van der Waals surface area contributed by atoms with Crippen molar-refractivity contribution in [3.63, 3.8) is 0 Å². The van der Waals surface area contributed by atoms with E-state index < -0.39 is 6.09 Å². The number of aromatic nitrogens is 3. The van der Waals surface area contributed by atoms with Gasteiger partial charge in [-0.2, -0.15) is 0 Å². The van der Waals surface area contributed by atoms with Crippen LogP contribution in [-0.4, -0.2) is 32.2 Å². The summed E-state index contributed by atoms with van der Waals surface area (Å²) in [5, 5.41) is 13.5. The Kier molecular flexibility index (Phi) is 6.82. The molecule has 4 aromatic rings. The van der Waals surface area contributed by atoms with E-state index in [0.29, 0.717) is 24.4 Å². The number of hydrogen-bond donors (Lipinski definition) is 3. The smallest absolute Gasteiger partial charge is 0.404 e. The summed E-state index contributed by atoms with van der Waals surface area (Å²) in [7, 11) is 0. The molecule has 0 bridgehead atoms. The van der Waals surface area contributed by atoms with Gasteiger partial charge in [-0.25, -0.2) is 9.78 Å². The fourth-order valence-electron chi connectivity index (χ4n) is 3.73. The van der Waals surface area contributed by atoms with Crippen LogP contribution < -0.4 is 5.32 Å². The summed E-state index contributed by atoms with van der Waals surface area (Å²) in [5.41, 5.74) is 4.98. The van der Waals surface area contributed by atoms with Gasteiger partial charge in [0.05, 0.1) is 0 Å². The van der Waals surface area contributed by atoms with Crippen molar-refractivity contribution in [3.8, 4) is 0 Å². The first-order valence-electron chi connectivity index (χ1n) is 10.4. The van der Waals surface area contributed by atoms with E-state index in [1.807, 2.05) is 60.8 Å². The van der Waals surface area contributed by atoms with Gasteiger partial charge in [0, 0.05) is 47.3 Å². The lowest BCUT2D eigenvalue weighted by Gasteiger charge is -2.17. The van der Waals surface area contributed by atoms with Crippen molar-refractivity contribution in [1.82, 2.24) is 20.3 Å². The number of aromatic amines is 1. The van der Waals surface area contributed by atoms with Crippen molar-refractivity contribution in [2.75, 3.05) is 0 Å². The number of fused-ring (bicyclic) bond motifs is 1. The van der Waals surface area contributed by atoms with Crippen LogP contribution in [0.5, 0.6) is 0 Å². The van der Waals surface area contributed by atoms with E-state index in [0.717, 1.165) is 33.2 Å². The van der Waals surface area contributed by atoms with Crippen LogP contribution in [0.15, 0.2) is 67.3 Å². The third-order valence-electron chi connectivity index (χ3n) is 5.33. The minimum Gasteiger partial charge on any atom is -0.465 e. The number of carboxylic acid groups (broad SMARTS) is 1. The van der Waals surface area contributed by atoms with Gasteiger partial charge in [-0.3, -0.25) is 4.98 Å². The molecule has 3 aromatic heterocycles. The average Bonchev–Trinajstić information content (AvgIpc) is 3.20. The quantitative estimate of drug-likeness (QED) is 0.307. The van der Waals surface area contributed by atoms with Crippen LogP contribution in [0.4, 0.5) is 4.79 Å². The number of hydrogen-bond acceptors (Lipinski definition) is 3. The standard InChI is InChI=1S/C25H23ClN4O2/c26-24-19(7-5-17-9-11-27-12-10-17)13-18(15-29-24)6-8-21(30-25(31)32)14-20-16-28-23-4-2-1-3-22(20)23/h1-5,7,9-13,15-16,21,28,30H,6,8,14H2,(H,31,32)/t21-/m1/s1. The Bertz CT molecular complexity index is 1240. The monoisotopic (exact) mass is 446 g/mol. The Balaban J connectivity index is 1.47. The highest BCUT2D eigenvalue weighted by molar-refractivity contribution is 6.31. The summed E-state index contributed by atoms with van der Waals surface area (Å²) in [6.45, 7) is 0. The molecule has 1 amide bonds. The maximum atomic E-state index is 11.4. The molecule has 3 heterocycles. The number of aryl methyl sites for hydroxylation is 1. The molecule has 0 aliphatic rings. The molecule has 162 valence electrons. The van der Waals surface area contributed by atoms with Crippen LogP contribution >= 0.6 is 11.6 Å². The van der Waals surface area contributed by atoms with Crippen LogP contribution in [0.1, 0.15) is 28.7 Å². The van der Waals surface area contributed by atoms with Crippen molar-refractivity contribution in [3.05, 3.63) is 94.7 Å². The van der Waals surface area contributed by atoms with Gasteiger partial charge < -0.3 is 15.4 Å². The predicted molar refractivity (Wildman–Crippen MR) is 128 cm³/mol. The van der Waals surface area contributed by atoms with Gasteiger partial charge in [-0.1, -0.05) is 42.0 Å². The molecule has 4 rings (SSSR count). The number of benzene rings is 1. The van der Waals surface area contributed by atoms with Gasteiger partial charge in [0.15, 0.2) is 0 Å². The third-order valence-corrected chi connectivity index (χ3v) is 5.65. The second kappa shape index (κ2) is 10.1. The Morgan fingerprint density at radius 1 is 1.19 bits per heavy atom. The molecular formula is C25H23ClN4O2. The minimum atomic E-state index is -1.02. The average molecular weight is 447 g/mol. The first-order chi connectivity index (χ1) is 15.6. The van der Waals surface area contributed by atoms with Crippen molar-refractivity contribution in [2.24, 2.45) is 0 Å². The van der Waals surface area contributed by atoms with Crippen LogP contribution in [-0.2, 0) is 12.8 Å². The minimum absolute atomic E-state index is 0.224. The van der Waals surface area contributed by atoms with Gasteiger partial charge in [0.2, 0.25) is 0 Å². The molecular weight excluding hydrogens is 424 g/mol. The van der Waals surface area contributed by atoms with Crippen molar-refractivity contribution in [1.29, 1.82) is 0 Å². The highest BCUT2D eigenvalue weighted by Gasteiger charge is 2.15. The van der Waals surface area contributed by atoms with Crippen LogP contribution in [0, 0.1) is 0 Å². The molecule has 1 aromatic carbocycles. The van der Waals surface area contributed by atoms with Crippen LogP contribution in [0.25, 0.3) is 23.1 Å². The highest BCUT2D eigenvalue weighted by atomic mass is 35.5. The topological polar surface area (TPSA) is 90.9 Å². The number of rotatable bonds is 8. The lowest BCUT2D eigenvalue weighted by atomic mass is 9.99. The molecule has 0 aliphatic carbocycles. The van der Waals surface area contributed by atoms with E-state index in [9.17, 15) is 9.90 Å². The molecule has 0 unspecified atom stereocenters. The zero-order valence-electron chi connectivity index (χ0n) is 17.3. The number of amides is 1. The maximum Gasteiger partial charge on any atom is 0.404 e. The molecule has 0 saturated heterocycles. The van der Waals surface area contributed by atoms with Gasteiger partial charge >= 0.3 is 6.09 Å². The molecule has 0 spiro atoms. The van der Waals surface area contributed by atoms with Crippen molar-refractivity contribution in [2.45, 2.75) is 25.3 Å². The first kappa shape index (κ1) is 21.6. The van der Waals surface area contributed by atoms with Gasteiger partial charge in [-0.15, -0.1) is 0 Å². The molecule has 1 atom stereocenters. The lowest BCUT2D eigenvalue weighted by molar-refractivity contribution is 0.189. The molecule has 6 nitrogen and oxygen atoms in total. The zero-order chi connectivity index (χ0) is 22.3. The van der Waals surface area contributed by atoms with E-state index >= 15 is 0 Å². The maximum absolute atomic E-state index is 11.4. The molecule has 32 heavy (non-hydrogen) atoms. The summed E-state index contributed by atoms with van der Waals surface area (Å²) in [6, 6.07) is 13.6. The van der Waals surface area contributed by atoms with Gasteiger partial charge in [0.1, 0.15) is 5.15 Å². The lowest BCUT2D eigenvalue weighted by Crippen LogP contribution is -2.35. The second-order valence-corrected chi connectivity index (χ2v) is 7.94. The zero-order valence-corrected chi connectivity index (χ0v) is 18.1. The van der Waals surface area contributed by atoms with E-state index in [-0.39, 0.29) is 6.04 Å². The summed E-state index contributed by atoms with van der Waals surface area (Å²) in [4.78, 5) is 22.9. The molecule has 0 aliphatic heterocycles. The third kappa shape index (κ3) is 5.53. The fraction of sp³-hybridized carbons (Fsp3) is 0.160.